The van der Waals surface area contributed by atoms with Crippen LogP contribution in [0.5, 0.6) is 0 Å². The Hall–Kier alpha value is -2.83. The Balaban J connectivity index is 2.23. The van der Waals surface area contributed by atoms with Gasteiger partial charge in [0.05, 0.1) is 23.7 Å². The molecular formula is C21H19BrF3N3O2. The second-order valence-electron chi connectivity index (χ2n) is 6.82. The number of nitrogens with zero attached hydrogens (tertiary/aromatic N) is 2. The van der Waals surface area contributed by atoms with Gasteiger partial charge in [0.1, 0.15) is 0 Å². The van der Waals surface area contributed by atoms with E-state index in [1.54, 1.807) is 29.8 Å². The summed E-state index contributed by atoms with van der Waals surface area (Å²) in [7, 11) is 0. The van der Waals surface area contributed by atoms with E-state index in [-0.39, 0.29) is 12.2 Å². The van der Waals surface area contributed by atoms with Crippen LogP contribution in [0.25, 0.3) is 6.08 Å². The number of halogens is 4. The lowest BCUT2D eigenvalue weighted by Gasteiger charge is -2.24. The zero-order chi connectivity index (χ0) is 22.7. The third kappa shape index (κ3) is 5.40. The average molecular weight is 482 g/mol. The number of carbonyl (C=O) groups is 1. The van der Waals surface area contributed by atoms with E-state index >= 15 is 0 Å². The van der Waals surface area contributed by atoms with Gasteiger partial charge >= 0.3 is 6.18 Å². The first-order valence-corrected chi connectivity index (χ1v) is 9.49. The predicted octanol–water partition coefficient (Wildman–Crippen LogP) is 5.00. The van der Waals surface area contributed by atoms with Crippen molar-refractivity contribution < 1.29 is 23.1 Å². The van der Waals surface area contributed by atoms with Gasteiger partial charge in [0.15, 0.2) is 5.60 Å². The second kappa shape index (κ2) is 8.90. The number of benzene rings is 1. The van der Waals surface area contributed by atoms with Crippen molar-refractivity contribution in [3.8, 4) is 6.07 Å². The number of hydrogen-bond donors (Lipinski definition) is 2. The average Bonchev–Trinajstić information content (AvgIpc) is 3.00. The first-order chi connectivity index (χ1) is 13.9. The Labute approximate surface area is 180 Å². The quantitative estimate of drug-likeness (QED) is 0.569. The number of nitriles is 1. The number of rotatable bonds is 6. The molecule has 1 amide bonds. The van der Waals surface area contributed by atoms with Gasteiger partial charge in [-0.1, -0.05) is 28.6 Å². The minimum absolute atomic E-state index is 0.118. The lowest BCUT2D eigenvalue weighted by molar-refractivity contribution is -0.138. The fourth-order valence-corrected chi connectivity index (χ4v) is 2.97. The maximum Gasteiger partial charge on any atom is 0.417 e. The lowest BCUT2D eigenvalue weighted by atomic mass is 10.0. The van der Waals surface area contributed by atoms with Crippen LogP contribution in [-0.4, -0.2) is 21.2 Å². The molecular weight excluding hydrogens is 463 g/mol. The zero-order valence-corrected chi connectivity index (χ0v) is 17.8. The summed E-state index contributed by atoms with van der Waals surface area (Å²) in [6.07, 6.45) is 0.381. The molecule has 1 heterocycles. The van der Waals surface area contributed by atoms with Gasteiger partial charge in [-0.2, -0.15) is 18.4 Å². The summed E-state index contributed by atoms with van der Waals surface area (Å²) in [6.45, 7) is 6.60. The van der Waals surface area contributed by atoms with E-state index in [0.29, 0.717) is 6.07 Å². The summed E-state index contributed by atoms with van der Waals surface area (Å²) < 4.78 is 41.7. The fraction of sp³-hybridized carbons (Fsp3) is 0.238. The van der Waals surface area contributed by atoms with Gasteiger partial charge in [-0.15, -0.1) is 0 Å². The zero-order valence-electron chi connectivity index (χ0n) is 16.2. The maximum absolute atomic E-state index is 13.1. The van der Waals surface area contributed by atoms with Crippen LogP contribution in [0.1, 0.15) is 29.3 Å². The van der Waals surface area contributed by atoms with Gasteiger partial charge in [-0.05, 0) is 49.8 Å². The summed E-state index contributed by atoms with van der Waals surface area (Å²) in [4.78, 5) is 12.5. The van der Waals surface area contributed by atoms with Crippen LogP contribution in [0.4, 0.5) is 18.9 Å². The van der Waals surface area contributed by atoms with Gasteiger partial charge < -0.3 is 15.0 Å². The monoisotopic (exact) mass is 481 g/mol. The van der Waals surface area contributed by atoms with E-state index in [9.17, 15) is 23.1 Å². The summed E-state index contributed by atoms with van der Waals surface area (Å²) in [5.74, 6) is -0.877. The normalized spacial score (nSPS) is 14.0. The van der Waals surface area contributed by atoms with Crippen molar-refractivity contribution in [3.63, 3.8) is 0 Å². The van der Waals surface area contributed by atoms with E-state index in [0.717, 1.165) is 21.8 Å². The molecule has 1 aromatic heterocycles. The number of alkyl halides is 3. The Bertz CT molecular complexity index is 1050. The van der Waals surface area contributed by atoms with E-state index in [1.165, 1.54) is 19.1 Å². The molecule has 9 heteroatoms. The predicted molar refractivity (Wildman–Crippen MR) is 112 cm³/mol. The molecule has 0 aliphatic carbocycles. The van der Waals surface area contributed by atoms with Crippen molar-refractivity contribution >= 4 is 33.6 Å². The molecule has 0 fully saturated rings. The minimum Gasteiger partial charge on any atom is -0.378 e. The van der Waals surface area contributed by atoms with Crippen molar-refractivity contribution in [3.05, 3.63) is 70.0 Å². The number of aliphatic hydroxyl groups is 1. The van der Waals surface area contributed by atoms with E-state index in [4.69, 9.17) is 5.26 Å². The number of allylic oxidation sites excluding steroid dienone is 2. The molecule has 2 rings (SSSR count). The highest BCUT2D eigenvalue weighted by molar-refractivity contribution is 9.12. The van der Waals surface area contributed by atoms with Gasteiger partial charge in [-0.3, -0.25) is 4.79 Å². The van der Waals surface area contributed by atoms with Crippen molar-refractivity contribution in [1.29, 1.82) is 5.26 Å². The highest BCUT2D eigenvalue weighted by Crippen LogP contribution is 2.33. The third-order valence-corrected chi connectivity index (χ3v) is 4.99. The highest BCUT2D eigenvalue weighted by Gasteiger charge is 2.35. The third-order valence-electron chi connectivity index (χ3n) is 4.44. The Morgan fingerprint density at radius 3 is 2.63 bits per heavy atom. The largest absolute Gasteiger partial charge is 0.417 e. The molecule has 1 aromatic carbocycles. The lowest BCUT2D eigenvalue weighted by Crippen LogP contribution is -2.43. The number of anilines is 1. The molecule has 0 bridgehead atoms. The van der Waals surface area contributed by atoms with Crippen LogP contribution in [0.15, 0.2) is 47.6 Å². The van der Waals surface area contributed by atoms with Crippen LogP contribution in [0, 0.1) is 18.3 Å². The molecule has 5 nitrogen and oxygen atoms in total. The number of aromatic nitrogens is 1. The fourth-order valence-electron chi connectivity index (χ4n) is 2.72. The van der Waals surface area contributed by atoms with Crippen molar-refractivity contribution in [2.24, 2.45) is 0 Å². The molecule has 0 saturated carbocycles. The second-order valence-corrected chi connectivity index (χ2v) is 7.73. The molecule has 0 spiro atoms. The van der Waals surface area contributed by atoms with E-state index in [1.807, 2.05) is 6.08 Å². The molecule has 0 unspecified atom stereocenters. The van der Waals surface area contributed by atoms with Gasteiger partial charge in [-0.25, -0.2) is 0 Å². The molecule has 158 valence electrons. The molecule has 2 N–H and O–H groups in total. The number of hydrogen-bond acceptors (Lipinski definition) is 3. The Morgan fingerprint density at radius 2 is 2.07 bits per heavy atom. The van der Waals surface area contributed by atoms with Crippen LogP contribution in [-0.2, 0) is 17.5 Å². The van der Waals surface area contributed by atoms with Crippen LogP contribution < -0.4 is 5.32 Å². The highest BCUT2D eigenvalue weighted by atomic mass is 79.9. The summed E-state index contributed by atoms with van der Waals surface area (Å²) in [6, 6.07) is 6.09. The molecule has 0 saturated heterocycles. The van der Waals surface area contributed by atoms with E-state index < -0.39 is 28.8 Å². The maximum atomic E-state index is 13.1. The van der Waals surface area contributed by atoms with Crippen LogP contribution in [0.3, 0.4) is 0 Å². The van der Waals surface area contributed by atoms with Gasteiger partial charge in [0.2, 0.25) is 0 Å². The molecule has 30 heavy (non-hydrogen) atoms. The first kappa shape index (κ1) is 23.4. The number of carbonyl (C=O) groups excluding carboxylic acids is 1. The smallest absolute Gasteiger partial charge is 0.378 e. The molecule has 1 atom stereocenters. The van der Waals surface area contributed by atoms with Crippen molar-refractivity contribution in [1.82, 2.24) is 4.57 Å². The van der Waals surface area contributed by atoms with Crippen LogP contribution in [0.2, 0.25) is 0 Å². The minimum atomic E-state index is -4.75. The van der Waals surface area contributed by atoms with Crippen LogP contribution >= 0.6 is 15.9 Å². The molecule has 2 aromatic rings. The van der Waals surface area contributed by atoms with Gasteiger partial charge in [0, 0.05) is 22.1 Å². The number of nitrogens with one attached hydrogen (secondary N) is 1. The summed E-state index contributed by atoms with van der Waals surface area (Å²) in [5.41, 5.74) is -2.17. The summed E-state index contributed by atoms with van der Waals surface area (Å²) in [5, 5.41) is 21.8. The summed E-state index contributed by atoms with van der Waals surface area (Å²) >= 11 is 3.33. The Kier molecular flexibility index (Phi) is 6.95. The number of amides is 1. The SMILES string of the molecule is C=C/C(Br)=C\c1ccn(C[C@](C)(O)C(=O)Nc2ccc(C#N)c(C(F)(F)F)c2)c1C. The van der Waals surface area contributed by atoms with Gasteiger partial charge in [0.25, 0.3) is 5.91 Å². The van der Waals surface area contributed by atoms with Crippen molar-refractivity contribution in [2.45, 2.75) is 32.2 Å². The van der Waals surface area contributed by atoms with E-state index in [2.05, 4.69) is 27.8 Å². The molecule has 0 radical (unpaired) electrons. The van der Waals surface area contributed by atoms with Crippen molar-refractivity contribution in [2.75, 3.05) is 5.32 Å². The molecule has 0 aliphatic rings. The first-order valence-electron chi connectivity index (χ1n) is 8.69. The molecule has 0 aliphatic heterocycles. The Morgan fingerprint density at radius 1 is 1.40 bits per heavy atom. The standard InChI is InChI=1S/C21H19BrF3N3O2/c1-4-16(22)9-14-7-8-28(13(14)2)12-20(3,30)19(29)27-17-6-5-15(11-26)18(10-17)21(23,24)25/h4-10,30H,1,12H2,2-3H3,(H,27,29)/b16-9+/t20-/m0/s1. The topological polar surface area (TPSA) is 78.1 Å².